The molecule has 0 saturated carbocycles. The van der Waals surface area contributed by atoms with Crippen LogP contribution in [-0.2, 0) is 10.5 Å². The van der Waals surface area contributed by atoms with Crippen LogP contribution in [0.15, 0.2) is 59.1 Å². The van der Waals surface area contributed by atoms with Gasteiger partial charge >= 0.3 is 0 Å². The van der Waals surface area contributed by atoms with Gasteiger partial charge in [0.1, 0.15) is 5.75 Å². The van der Waals surface area contributed by atoms with Gasteiger partial charge in [-0.2, -0.15) is 5.26 Å². The molecule has 1 saturated heterocycles. The number of fused-ring (bicyclic) bond motifs is 1. The second-order valence-corrected chi connectivity index (χ2v) is 8.07. The van der Waals surface area contributed by atoms with Crippen LogP contribution in [0.4, 0.5) is 0 Å². The van der Waals surface area contributed by atoms with E-state index in [-0.39, 0.29) is 18.1 Å². The molecular weight excluding hydrogens is 396 g/mol. The molecule has 0 radical (unpaired) electrons. The molecule has 4 rings (SSSR count). The second kappa shape index (κ2) is 7.17. The number of nitriles is 1. The third-order valence-electron chi connectivity index (χ3n) is 5.13. The fraction of sp³-hybridized carbons (Fsp3) is 0.238. The van der Waals surface area contributed by atoms with E-state index in [1.807, 2.05) is 24.3 Å². The zero-order valence-corrected chi connectivity index (χ0v) is 16.6. The highest BCUT2D eigenvalue weighted by Gasteiger charge is 2.52. The molecule has 7 heteroatoms. The smallest absolute Gasteiger partial charge is 0.231 e. The number of methoxy groups -OCH3 is 1. The topological polar surface area (TPSA) is 73.6 Å². The first kappa shape index (κ1) is 18.9. The Morgan fingerprint density at radius 2 is 2.00 bits per heavy atom. The van der Waals surface area contributed by atoms with Crippen LogP contribution in [0.2, 0.25) is 5.02 Å². The number of carbonyl (C=O) groups excluding carboxylic acids is 1. The minimum absolute atomic E-state index is 0.0865. The predicted octanol–water partition coefficient (Wildman–Crippen LogP) is 3.99. The van der Waals surface area contributed by atoms with Crippen LogP contribution in [0.3, 0.4) is 0 Å². The van der Waals surface area contributed by atoms with Crippen LogP contribution in [0.25, 0.3) is 0 Å². The number of benzene rings is 2. The van der Waals surface area contributed by atoms with Gasteiger partial charge in [-0.3, -0.25) is 9.69 Å². The van der Waals surface area contributed by atoms with Crippen LogP contribution in [0.1, 0.15) is 23.5 Å². The lowest BCUT2D eigenvalue weighted by Crippen LogP contribution is -2.48. The highest BCUT2D eigenvalue weighted by Crippen LogP contribution is 2.52. The Hall–Kier alpha value is -2.46. The molecule has 2 atom stereocenters. The number of allylic oxidation sites excluding steroid dienone is 1. The van der Waals surface area contributed by atoms with Crippen LogP contribution in [0.5, 0.6) is 5.75 Å². The van der Waals surface area contributed by atoms with Crippen molar-refractivity contribution in [3.63, 3.8) is 0 Å². The summed E-state index contributed by atoms with van der Waals surface area (Å²) in [7, 11) is 1.57. The molecule has 2 aliphatic rings. The number of halogens is 1. The molecule has 2 aromatic rings. The minimum atomic E-state index is -1.50. The molecule has 0 unspecified atom stereocenters. The van der Waals surface area contributed by atoms with E-state index < -0.39 is 11.6 Å². The highest BCUT2D eigenvalue weighted by molar-refractivity contribution is 8.03. The van der Waals surface area contributed by atoms with Gasteiger partial charge in [0.25, 0.3) is 0 Å². The normalized spacial score (nSPS) is 24.1. The maximum atomic E-state index is 13.1. The zero-order valence-electron chi connectivity index (χ0n) is 15.1. The maximum absolute atomic E-state index is 13.1. The molecule has 142 valence electrons. The molecule has 2 aromatic carbocycles. The number of para-hydroxylation sites is 1. The van der Waals surface area contributed by atoms with E-state index in [9.17, 15) is 15.2 Å². The summed E-state index contributed by atoms with van der Waals surface area (Å²) in [5.74, 6) is 0.255. The Morgan fingerprint density at radius 1 is 1.29 bits per heavy atom. The van der Waals surface area contributed by atoms with Crippen molar-refractivity contribution in [1.29, 1.82) is 5.26 Å². The van der Waals surface area contributed by atoms with Crippen LogP contribution in [-0.4, -0.2) is 28.8 Å². The average molecular weight is 413 g/mol. The first-order valence-electron chi connectivity index (χ1n) is 8.71. The molecule has 28 heavy (non-hydrogen) atoms. The molecule has 5 nitrogen and oxygen atoms in total. The number of thioether (sulfide) groups is 1. The van der Waals surface area contributed by atoms with Gasteiger partial charge in [-0.1, -0.05) is 41.9 Å². The Balaban J connectivity index is 1.82. The quantitative estimate of drug-likeness (QED) is 0.825. The van der Waals surface area contributed by atoms with E-state index in [0.29, 0.717) is 26.9 Å². The molecular formula is C21H17ClN2O3S. The SMILES string of the molecule is COc1ccccc1[C@H]1CC(=O)N2C(=C1C#N)SC[C@@]2(O)c1ccc(Cl)cc1. The minimum Gasteiger partial charge on any atom is -0.496 e. The van der Waals surface area contributed by atoms with Gasteiger partial charge in [0, 0.05) is 28.5 Å². The lowest BCUT2D eigenvalue weighted by Gasteiger charge is -2.38. The molecule has 0 aliphatic carbocycles. The molecule has 1 fully saturated rings. The van der Waals surface area contributed by atoms with Crippen LogP contribution in [0, 0.1) is 11.3 Å². The molecule has 0 spiro atoms. The Labute approximate surface area is 172 Å². The Morgan fingerprint density at radius 3 is 2.68 bits per heavy atom. The van der Waals surface area contributed by atoms with Crippen molar-refractivity contribution < 1.29 is 14.6 Å². The number of rotatable bonds is 3. The zero-order chi connectivity index (χ0) is 19.9. The monoisotopic (exact) mass is 412 g/mol. The van der Waals surface area contributed by atoms with E-state index in [1.165, 1.54) is 16.7 Å². The van der Waals surface area contributed by atoms with Gasteiger partial charge in [-0.05, 0) is 18.2 Å². The number of hydrogen-bond acceptors (Lipinski definition) is 5. The van der Waals surface area contributed by atoms with Crippen molar-refractivity contribution in [3.8, 4) is 11.8 Å². The summed E-state index contributed by atoms with van der Waals surface area (Å²) in [6, 6.07) is 16.4. The summed E-state index contributed by atoms with van der Waals surface area (Å²) in [6.45, 7) is 0. The lowest BCUT2D eigenvalue weighted by atomic mass is 9.85. The number of hydrogen-bond donors (Lipinski definition) is 1. The second-order valence-electron chi connectivity index (χ2n) is 6.67. The van der Waals surface area contributed by atoms with Crippen molar-refractivity contribution in [2.75, 3.05) is 12.9 Å². The molecule has 0 aromatic heterocycles. The predicted molar refractivity (Wildman–Crippen MR) is 108 cm³/mol. The van der Waals surface area contributed by atoms with E-state index in [0.717, 1.165) is 5.56 Å². The number of aliphatic hydroxyl groups is 1. The Bertz CT molecular complexity index is 1020. The Kier molecular flexibility index (Phi) is 4.84. The van der Waals surface area contributed by atoms with Crippen molar-refractivity contribution in [3.05, 3.63) is 75.3 Å². The van der Waals surface area contributed by atoms with Crippen molar-refractivity contribution in [2.45, 2.75) is 18.1 Å². The standard InChI is InChI=1S/C21H17ClN2O3S/c1-27-18-5-3-2-4-15(18)16-10-19(25)24-20(17(16)11-23)28-12-21(24,26)13-6-8-14(22)9-7-13/h2-9,16,26H,10,12H2,1H3/t16-,21-/m1/s1. The highest BCUT2D eigenvalue weighted by atomic mass is 35.5. The third kappa shape index (κ3) is 2.87. The van der Waals surface area contributed by atoms with Crippen molar-refractivity contribution in [2.24, 2.45) is 0 Å². The summed E-state index contributed by atoms with van der Waals surface area (Å²) in [4.78, 5) is 14.5. The summed E-state index contributed by atoms with van der Waals surface area (Å²) in [6.07, 6.45) is 0.0865. The van der Waals surface area contributed by atoms with Gasteiger partial charge in [0.15, 0.2) is 5.72 Å². The molecule has 2 aliphatic heterocycles. The van der Waals surface area contributed by atoms with Crippen molar-refractivity contribution in [1.82, 2.24) is 4.90 Å². The van der Waals surface area contributed by atoms with E-state index in [2.05, 4.69) is 6.07 Å². The van der Waals surface area contributed by atoms with Gasteiger partial charge < -0.3 is 9.84 Å². The number of carbonyl (C=O) groups is 1. The van der Waals surface area contributed by atoms with E-state index >= 15 is 0 Å². The summed E-state index contributed by atoms with van der Waals surface area (Å²) in [5.41, 5.74) is 0.333. The van der Waals surface area contributed by atoms with E-state index in [1.54, 1.807) is 31.4 Å². The number of amides is 1. The fourth-order valence-electron chi connectivity index (χ4n) is 3.78. The molecule has 0 bridgehead atoms. The first-order chi connectivity index (χ1) is 13.5. The molecule has 2 heterocycles. The average Bonchev–Trinajstić information content (AvgIpc) is 3.07. The third-order valence-corrected chi connectivity index (χ3v) is 6.61. The number of ether oxygens (including phenoxy) is 1. The van der Waals surface area contributed by atoms with Crippen LogP contribution >= 0.6 is 23.4 Å². The number of nitrogens with zero attached hydrogens (tertiary/aromatic N) is 2. The maximum Gasteiger partial charge on any atom is 0.231 e. The van der Waals surface area contributed by atoms with Gasteiger partial charge in [-0.15, -0.1) is 11.8 Å². The van der Waals surface area contributed by atoms with Crippen LogP contribution < -0.4 is 4.74 Å². The lowest BCUT2D eigenvalue weighted by molar-refractivity contribution is -0.149. The van der Waals surface area contributed by atoms with Gasteiger partial charge in [-0.25, -0.2) is 0 Å². The largest absolute Gasteiger partial charge is 0.496 e. The summed E-state index contributed by atoms with van der Waals surface area (Å²) < 4.78 is 5.43. The summed E-state index contributed by atoms with van der Waals surface area (Å²) >= 11 is 7.28. The first-order valence-corrected chi connectivity index (χ1v) is 10.1. The van der Waals surface area contributed by atoms with Gasteiger partial charge in [0.2, 0.25) is 5.91 Å². The molecule has 1 amide bonds. The van der Waals surface area contributed by atoms with Gasteiger partial charge in [0.05, 0.1) is 29.5 Å². The fourth-order valence-corrected chi connectivity index (χ4v) is 5.26. The molecule has 1 N–H and O–H groups in total. The van der Waals surface area contributed by atoms with Crippen molar-refractivity contribution >= 4 is 29.3 Å². The summed E-state index contributed by atoms with van der Waals surface area (Å²) in [5, 5.41) is 22.3. The van der Waals surface area contributed by atoms with E-state index in [4.69, 9.17) is 16.3 Å².